The van der Waals surface area contributed by atoms with E-state index in [1.165, 1.54) is 27.9 Å². The standard InChI is InChI=1S/C9H6N4S/c1-2-7-4-12-14-8(7)3-6(1)9-10-5-11-13-9/h1-5H,(H,10,11,13). The molecule has 0 aliphatic rings. The van der Waals surface area contributed by atoms with Crippen LogP contribution in [0.5, 0.6) is 0 Å². The maximum atomic E-state index is 4.12. The molecule has 4 nitrogen and oxygen atoms in total. The molecule has 3 aromatic rings. The Morgan fingerprint density at radius 1 is 1.29 bits per heavy atom. The van der Waals surface area contributed by atoms with Crippen LogP contribution >= 0.6 is 11.5 Å². The normalized spacial score (nSPS) is 10.9. The second-order valence-electron chi connectivity index (χ2n) is 2.91. The number of hydrogen-bond acceptors (Lipinski definition) is 4. The van der Waals surface area contributed by atoms with Crippen molar-refractivity contribution in [1.29, 1.82) is 0 Å². The minimum atomic E-state index is 0.792. The number of nitrogens with zero attached hydrogens (tertiary/aromatic N) is 3. The van der Waals surface area contributed by atoms with Crippen LogP contribution < -0.4 is 0 Å². The van der Waals surface area contributed by atoms with Gasteiger partial charge in [-0.2, -0.15) is 9.47 Å². The molecule has 3 rings (SSSR count). The number of aromatic nitrogens is 4. The summed E-state index contributed by atoms with van der Waals surface area (Å²) in [4.78, 5) is 4.10. The van der Waals surface area contributed by atoms with Crippen LogP contribution in [0.3, 0.4) is 0 Å². The molecular weight excluding hydrogens is 196 g/mol. The number of nitrogens with one attached hydrogen (secondary N) is 1. The van der Waals surface area contributed by atoms with E-state index in [0.29, 0.717) is 0 Å². The van der Waals surface area contributed by atoms with E-state index in [1.54, 1.807) is 0 Å². The van der Waals surface area contributed by atoms with Gasteiger partial charge in [0.05, 0.1) is 4.70 Å². The van der Waals surface area contributed by atoms with E-state index in [9.17, 15) is 0 Å². The molecule has 2 aromatic heterocycles. The van der Waals surface area contributed by atoms with Crippen molar-refractivity contribution in [2.24, 2.45) is 0 Å². The Morgan fingerprint density at radius 2 is 2.29 bits per heavy atom. The van der Waals surface area contributed by atoms with Gasteiger partial charge < -0.3 is 0 Å². The van der Waals surface area contributed by atoms with E-state index in [0.717, 1.165) is 11.4 Å². The zero-order valence-corrected chi connectivity index (χ0v) is 7.95. The maximum Gasteiger partial charge on any atom is 0.155 e. The van der Waals surface area contributed by atoms with Crippen molar-refractivity contribution in [2.75, 3.05) is 0 Å². The fraction of sp³-hybridized carbons (Fsp3) is 0. The number of fused-ring (bicyclic) bond motifs is 1. The third kappa shape index (κ3) is 1.10. The summed E-state index contributed by atoms with van der Waals surface area (Å²) >= 11 is 1.49. The van der Waals surface area contributed by atoms with Crippen LogP contribution in [0.2, 0.25) is 0 Å². The molecule has 0 fully saturated rings. The largest absolute Gasteiger partial charge is 0.259 e. The molecule has 0 saturated carbocycles. The molecule has 5 heteroatoms. The smallest absolute Gasteiger partial charge is 0.155 e. The van der Waals surface area contributed by atoms with Gasteiger partial charge in [-0.15, -0.1) is 0 Å². The molecule has 0 bridgehead atoms. The van der Waals surface area contributed by atoms with Crippen LogP contribution in [0.15, 0.2) is 30.7 Å². The van der Waals surface area contributed by atoms with Crippen LogP contribution in [-0.2, 0) is 0 Å². The number of hydrogen-bond donors (Lipinski definition) is 1. The molecule has 1 N–H and O–H groups in total. The van der Waals surface area contributed by atoms with Gasteiger partial charge >= 0.3 is 0 Å². The first-order valence-corrected chi connectivity index (χ1v) is 4.91. The molecule has 0 spiro atoms. The number of benzene rings is 1. The van der Waals surface area contributed by atoms with Crippen molar-refractivity contribution >= 4 is 21.6 Å². The van der Waals surface area contributed by atoms with Gasteiger partial charge in [-0.3, -0.25) is 5.10 Å². The van der Waals surface area contributed by atoms with Gasteiger partial charge in [-0.05, 0) is 17.6 Å². The molecule has 0 saturated heterocycles. The van der Waals surface area contributed by atoms with E-state index in [2.05, 4.69) is 25.6 Å². The van der Waals surface area contributed by atoms with E-state index in [-0.39, 0.29) is 0 Å². The van der Waals surface area contributed by atoms with Gasteiger partial charge in [0.2, 0.25) is 0 Å². The zero-order valence-electron chi connectivity index (χ0n) is 7.14. The van der Waals surface area contributed by atoms with Crippen molar-refractivity contribution in [2.45, 2.75) is 0 Å². The Labute approximate surface area is 83.8 Å². The highest BCUT2D eigenvalue weighted by Crippen LogP contribution is 2.23. The quantitative estimate of drug-likeness (QED) is 0.657. The Hall–Kier alpha value is -1.75. The van der Waals surface area contributed by atoms with Gasteiger partial charge in [0.25, 0.3) is 0 Å². The van der Waals surface area contributed by atoms with Gasteiger partial charge in [-0.1, -0.05) is 12.1 Å². The van der Waals surface area contributed by atoms with Crippen LogP contribution in [0.4, 0.5) is 0 Å². The SMILES string of the molecule is c1n[nH]c(-c2ccc3cnsc3c2)n1. The summed E-state index contributed by atoms with van der Waals surface area (Å²) in [5, 5.41) is 7.82. The predicted molar refractivity (Wildman–Crippen MR) is 55.0 cm³/mol. The summed E-state index contributed by atoms with van der Waals surface area (Å²) in [6.45, 7) is 0. The lowest BCUT2D eigenvalue weighted by Crippen LogP contribution is -1.79. The van der Waals surface area contributed by atoms with Crippen molar-refractivity contribution in [3.05, 3.63) is 30.7 Å². The van der Waals surface area contributed by atoms with Crippen molar-refractivity contribution in [3.8, 4) is 11.4 Å². The predicted octanol–water partition coefficient (Wildman–Crippen LogP) is 2.08. The van der Waals surface area contributed by atoms with Crippen LogP contribution in [0, 0.1) is 0 Å². The summed E-state index contributed by atoms with van der Waals surface area (Å²) in [6.07, 6.45) is 3.37. The summed E-state index contributed by atoms with van der Waals surface area (Å²) in [5.41, 5.74) is 1.04. The van der Waals surface area contributed by atoms with Crippen molar-refractivity contribution in [3.63, 3.8) is 0 Å². The summed E-state index contributed by atoms with van der Waals surface area (Å²) in [7, 11) is 0. The van der Waals surface area contributed by atoms with E-state index in [1.807, 2.05) is 18.3 Å². The molecule has 0 aliphatic heterocycles. The van der Waals surface area contributed by atoms with Gasteiger partial charge in [0, 0.05) is 17.1 Å². The molecule has 0 atom stereocenters. The van der Waals surface area contributed by atoms with E-state index >= 15 is 0 Å². The minimum absolute atomic E-state index is 0.792. The Bertz CT molecular complexity index is 555. The monoisotopic (exact) mass is 202 g/mol. The average molecular weight is 202 g/mol. The minimum Gasteiger partial charge on any atom is -0.259 e. The molecule has 14 heavy (non-hydrogen) atoms. The first kappa shape index (κ1) is 7.64. The van der Waals surface area contributed by atoms with Crippen LogP contribution in [-0.4, -0.2) is 19.6 Å². The Kier molecular flexibility index (Phi) is 1.57. The lowest BCUT2D eigenvalue weighted by atomic mass is 10.2. The Morgan fingerprint density at radius 3 is 3.14 bits per heavy atom. The van der Waals surface area contributed by atoms with Gasteiger partial charge in [-0.25, -0.2) is 4.98 Å². The van der Waals surface area contributed by atoms with Gasteiger partial charge in [0.15, 0.2) is 5.82 Å². The highest BCUT2D eigenvalue weighted by molar-refractivity contribution is 7.13. The van der Waals surface area contributed by atoms with Crippen molar-refractivity contribution in [1.82, 2.24) is 19.6 Å². The Balaban J connectivity index is 2.23. The second kappa shape index (κ2) is 2.88. The number of H-pyrrole nitrogens is 1. The highest BCUT2D eigenvalue weighted by Gasteiger charge is 2.02. The third-order valence-corrected chi connectivity index (χ3v) is 2.81. The summed E-state index contributed by atoms with van der Waals surface area (Å²) < 4.78 is 5.28. The second-order valence-corrected chi connectivity index (χ2v) is 3.75. The summed E-state index contributed by atoms with van der Waals surface area (Å²) in [6, 6.07) is 6.11. The molecule has 1 aromatic carbocycles. The molecule has 2 heterocycles. The number of rotatable bonds is 1. The summed E-state index contributed by atoms with van der Waals surface area (Å²) in [5.74, 6) is 0.792. The number of aromatic amines is 1. The van der Waals surface area contributed by atoms with Crippen LogP contribution in [0.1, 0.15) is 0 Å². The third-order valence-electron chi connectivity index (χ3n) is 2.04. The molecular formula is C9H6N4S. The van der Waals surface area contributed by atoms with E-state index < -0.39 is 0 Å². The first-order chi connectivity index (χ1) is 6.93. The molecule has 0 unspecified atom stereocenters. The van der Waals surface area contributed by atoms with E-state index in [4.69, 9.17) is 0 Å². The topological polar surface area (TPSA) is 54.5 Å². The van der Waals surface area contributed by atoms with Crippen LogP contribution in [0.25, 0.3) is 21.5 Å². The molecule has 0 radical (unpaired) electrons. The average Bonchev–Trinajstić information content (AvgIpc) is 2.88. The van der Waals surface area contributed by atoms with Gasteiger partial charge in [0.1, 0.15) is 6.33 Å². The lowest BCUT2D eigenvalue weighted by molar-refractivity contribution is 1.10. The van der Waals surface area contributed by atoms with Crippen molar-refractivity contribution < 1.29 is 0 Å². The molecule has 68 valence electrons. The fourth-order valence-electron chi connectivity index (χ4n) is 1.35. The molecule has 0 aliphatic carbocycles. The molecule has 0 amide bonds. The highest BCUT2D eigenvalue weighted by atomic mass is 32.1. The maximum absolute atomic E-state index is 4.12. The first-order valence-electron chi connectivity index (χ1n) is 4.14. The lowest BCUT2D eigenvalue weighted by Gasteiger charge is -1.94. The zero-order chi connectivity index (χ0) is 9.38. The fourth-order valence-corrected chi connectivity index (χ4v) is 2.04.